The Morgan fingerprint density at radius 2 is 2.00 bits per heavy atom. The fraction of sp³-hybridized carbons (Fsp3) is 0.235. The van der Waals surface area contributed by atoms with E-state index in [0.29, 0.717) is 5.56 Å². The molecule has 0 spiro atoms. The van der Waals surface area contributed by atoms with Gasteiger partial charge in [-0.05, 0) is 54.5 Å². The zero-order chi connectivity index (χ0) is 14.8. The van der Waals surface area contributed by atoms with Crippen molar-refractivity contribution in [3.8, 4) is 0 Å². The lowest BCUT2D eigenvalue weighted by molar-refractivity contribution is 0.102. The molecule has 0 radical (unpaired) electrons. The number of anilines is 1. The highest BCUT2D eigenvalue weighted by Crippen LogP contribution is 2.17. The Bertz CT molecular complexity index is 667. The Kier molecular flexibility index (Phi) is 3.80. The van der Waals surface area contributed by atoms with Crippen LogP contribution in [0.3, 0.4) is 0 Å². The van der Waals surface area contributed by atoms with Crippen LogP contribution in [0.25, 0.3) is 0 Å². The summed E-state index contributed by atoms with van der Waals surface area (Å²) in [6, 6.07) is 13.4. The third kappa shape index (κ3) is 2.86. The molecule has 0 aliphatic carbocycles. The molecule has 3 nitrogen and oxygen atoms in total. The van der Waals surface area contributed by atoms with E-state index in [1.54, 1.807) is 0 Å². The first-order chi connectivity index (χ1) is 10.2. The van der Waals surface area contributed by atoms with Gasteiger partial charge in [-0.25, -0.2) is 0 Å². The van der Waals surface area contributed by atoms with E-state index < -0.39 is 6.92 Å². The number of benzene rings is 2. The van der Waals surface area contributed by atoms with Gasteiger partial charge >= 0.3 is 6.92 Å². The molecule has 2 N–H and O–H groups in total. The quantitative estimate of drug-likeness (QED) is 0.847. The van der Waals surface area contributed by atoms with Gasteiger partial charge in [0, 0.05) is 11.3 Å². The molecular weight excluding hydrogens is 261 g/mol. The second-order valence-electron chi connectivity index (χ2n) is 5.47. The molecule has 1 aliphatic heterocycles. The molecule has 0 aromatic heterocycles. The minimum Gasteiger partial charge on any atom is -0.446 e. The van der Waals surface area contributed by atoms with Crippen molar-refractivity contribution in [3.63, 3.8) is 0 Å². The van der Waals surface area contributed by atoms with Gasteiger partial charge in [-0.3, -0.25) is 4.79 Å². The largest absolute Gasteiger partial charge is 0.446 e. The summed E-state index contributed by atoms with van der Waals surface area (Å²) in [7, 11) is 0. The number of fused-ring (bicyclic) bond motifs is 1. The summed E-state index contributed by atoms with van der Waals surface area (Å²) in [5.41, 5.74) is 4.71. The Balaban J connectivity index is 1.76. The number of aryl methyl sites for hydroxylation is 2. The van der Waals surface area contributed by atoms with E-state index in [9.17, 15) is 9.82 Å². The van der Waals surface area contributed by atoms with Crippen LogP contribution in [0.2, 0.25) is 6.32 Å². The number of amides is 1. The van der Waals surface area contributed by atoms with Crippen molar-refractivity contribution < 1.29 is 9.82 Å². The third-order valence-corrected chi connectivity index (χ3v) is 4.07. The highest BCUT2D eigenvalue weighted by molar-refractivity contribution is 6.68. The summed E-state index contributed by atoms with van der Waals surface area (Å²) in [5, 5.41) is 12.8. The van der Waals surface area contributed by atoms with E-state index in [1.165, 1.54) is 11.1 Å². The molecule has 0 unspecified atom stereocenters. The molecule has 0 atom stereocenters. The molecule has 3 rings (SSSR count). The van der Waals surface area contributed by atoms with E-state index in [4.69, 9.17) is 0 Å². The number of rotatable bonds is 3. The van der Waals surface area contributed by atoms with Gasteiger partial charge in [0.25, 0.3) is 5.91 Å². The normalized spacial score (nSPS) is 13.1. The third-order valence-electron chi connectivity index (χ3n) is 4.07. The summed E-state index contributed by atoms with van der Waals surface area (Å²) < 4.78 is 0. The van der Waals surface area contributed by atoms with E-state index >= 15 is 0 Å². The standard InChI is InChI=1S/C17H18BNO2/c1-2-12-3-5-14(6-4-12)17(20)19-15-8-7-13-9-10-18(21)16(13)11-15/h3-8,11,21H,2,9-10H2,1H3,(H,19,20). The maximum absolute atomic E-state index is 12.2. The van der Waals surface area contributed by atoms with Crippen molar-refractivity contribution in [2.45, 2.75) is 26.1 Å². The first kappa shape index (κ1) is 13.9. The van der Waals surface area contributed by atoms with Crippen molar-refractivity contribution >= 4 is 24.0 Å². The fourth-order valence-corrected chi connectivity index (χ4v) is 2.75. The smallest absolute Gasteiger partial charge is 0.324 e. The van der Waals surface area contributed by atoms with Crippen LogP contribution in [-0.4, -0.2) is 17.8 Å². The van der Waals surface area contributed by atoms with E-state index in [1.807, 2.05) is 42.5 Å². The van der Waals surface area contributed by atoms with Crippen LogP contribution < -0.4 is 10.8 Å². The zero-order valence-corrected chi connectivity index (χ0v) is 12.1. The Morgan fingerprint density at radius 3 is 2.71 bits per heavy atom. The van der Waals surface area contributed by atoms with Crippen molar-refractivity contribution in [2.24, 2.45) is 0 Å². The average molecular weight is 279 g/mol. The van der Waals surface area contributed by atoms with Gasteiger partial charge in [-0.2, -0.15) is 0 Å². The Labute approximate surface area is 125 Å². The maximum Gasteiger partial charge on any atom is 0.324 e. The van der Waals surface area contributed by atoms with E-state index in [2.05, 4.69) is 12.2 Å². The molecule has 106 valence electrons. The number of carbonyl (C=O) groups is 1. The molecule has 0 saturated carbocycles. The Hall–Kier alpha value is -2.07. The van der Waals surface area contributed by atoms with Crippen LogP contribution in [-0.2, 0) is 12.8 Å². The second-order valence-corrected chi connectivity index (χ2v) is 5.47. The van der Waals surface area contributed by atoms with Gasteiger partial charge < -0.3 is 10.3 Å². The predicted octanol–water partition coefficient (Wildman–Crippen LogP) is 2.25. The lowest BCUT2D eigenvalue weighted by atomic mass is 9.63. The van der Waals surface area contributed by atoms with Crippen LogP contribution in [0.4, 0.5) is 5.69 Å². The lowest BCUT2D eigenvalue weighted by Gasteiger charge is -2.09. The number of nitrogens with one attached hydrogen (secondary N) is 1. The molecule has 0 bridgehead atoms. The molecule has 21 heavy (non-hydrogen) atoms. The van der Waals surface area contributed by atoms with Crippen LogP contribution >= 0.6 is 0 Å². The summed E-state index contributed by atoms with van der Waals surface area (Å²) in [6.45, 7) is 1.69. The minimum atomic E-state index is -0.402. The lowest BCUT2D eigenvalue weighted by Crippen LogP contribution is -2.26. The SMILES string of the molecule is CCc1ccc(C(=O)Nc2ccc3c(c2)B(O)CC3)cc1. The molecule has 2 aromatic carbocycles. The predicted molar refractivity (Wildman–Crippen MR) is 86.3 cm³/mol. The summed E-state index contributed by atoms with van der Waals surface area (Å²) in [6.07, 6.45) is 2.64. The summed E-state index contributed by atoms with van der Waals surface area (Å²) in [5.74, 6) is -0.120. The van der Waals surface area contributed by atoms with Gasteiger partial charge in [-0.1, -0.05) is 30.7 Å². The first-order valence-corrected chi connectivity index (χ1v) is 7.38. The Morgan fingerprint density at radius 1 is 1.24 bits per heavy atom. The van der Waals surface area contributed by atoms with E-state index in [-0.39, 0.29) is 5.91 Å². The summed E-state index contributed by atoms with van der Waals surface area (Å²) in [4.78, 5) is 12.2. The first-order valence-electron chi connectivity index (χ1n) is 7.38. The zero-order valence-electron chi connectivity index (χ0n) is 12.1. The monoisotopic (exact) mass is 279 g/mol. The molecule has 1 aliphatic rings. The van der Waals surface area contributed by atoms with Crippen molar-refractivity contribution in [1.29, 1.82) is 0 Å². The van der Waals surface area contributed by atoms with Crippen LogP contribution in [0.15, 0.2) is 42.5 Å². The van der Waals surface area contributed by atoms with Crippen molar-refractivity contribution in [3.05, 3.63) is 59.2 Å². The highest BCUT2D eigenvalue weighted by atomic mass is 16.2. The average Bonchev–Trinajstić information content (AvgIpc) is 2.88. The molecule has 0 saturated heterocycles. The van der Waals surface area contributed by atoms with Crippen LogP contribution in [0.5, 0.6) is 0 Å². The number of hydrogen-bond acceptors (Lipinski definition) is 2. The highest BCUT2D eigenvalue weighted by Gasteiger charge is 2.24. The molecule has 2 aromatic rings. The molecule has 0 fully saturated rings. The second kappa shape index (κ2) is 5.74. The number of carbonyl (C=O) groups excluding carboxylic acids is 1. The van der Waals surface area contributed by atoms with Gasteiger partial charge in [0.1, 0.15) is 0 Å². The molecule has 4 heteroatoms. The summed E-state index contributed by atoms with van der Waals surface area (Å²) >= 11 is 0. The minimum absolute atomic E-state index is 0.120. The maximum atomic E-state index is 12.2. The van der Waals surface area contributed by atoms with Crippen molar-refractivity contribution in [1.82, 2.24) is 0 Å². The number of hydrogen-bond donors (Lipinski definition) is 2. The van der Waals surface area contributed by atoms with Crippen LogP contribution in [0.1, 0.15) is 28.4 Å². The van der Waals surface area contributed by atoms with E-state index in [0.717, 1.165) is 30.3 Å². The molecule has 1 amide bonds. The molecular formula is C17H18BNO2. The van der Waals surface area contributed by atoms with Crippen LogP contribution in [0, 0.1) is 0 Å². The fourth-order valence-electron chi connectivity index (χ4n) is 2.75. The van der Waals surface area contributed by atoms with Gasteiger partial charge in [0.05, 0.1) is 0 Å². The topological polar surface area (TPSA) is 49.3 Å². The van der Waals surface area contributed by atoms with Crippen molar-refractivity contribution in [2.75, 3.05) is 5.32 Å². The van der Waals surface area contributed by atoms with Gasteiger partial charge in [-0.15, -0.1) is 0 Å². The van der Waals surface area contributed by atoms with Gasteiger partial charge in [0.15, 0.2) is 0 Å². The van der Waals surface area contributed by atoms with Gasteiger partial charge in [0.2, 0.25) is 0 Å². The molecule has 1 heterocycles.